The molecule has 1 aromatic heterocycles. The number of hydrogen-bond acceptors (Lipinski definition) is 4. The van der Waals surface area contributed by atoms with Crippen molar-refractivity contribution in [1.29, 1.82) is 0 Å². The van der Waals surface area contributed by atoms with E-state index in [-0.39, 0.29) is 21.1 Å². The van der Waals surface area contributed by atoms with E-state index in [1.165, 1.54) is 0 Å². The fraction of sp³-hybridized carbons (Fsp3) is 0.333. The van der Waals surface area contributed by atoms with E-state index < -0.39 is 33.7 Å². The smallest absolute Gasteiger partial charge is 0.420 e. The molecule has 0 amide bonds. The zero-order valence-corrected chi connectivity index (χ0v) is 21.1. The van der Waals surface area contributed by atoms with Crippen LogP contribution >= 0.6 is 34.2 Å². The molecule has 32 heavy (non-hydrogen) atoms. The third-order valence-corrected chi connectivity index (χ3v) is 6.36. The van der Waals surface area contributed by atoms with E-state index in [1.807, 2.05) is 30.3 Å². The minimum atomic E-state index is -4.87. The highest BCUT2D eigenvalue weighted by molar-refractivity contribution is 14.1. The lowest BCUT2D eigenvalue weighted by Gasteiger charge is -2.17. The Kier molecular flexibility index (Phi) is 9.26. The molecule has 0 radical (unpaired) electrons. The van der Waals surface area contributed by atoms with Gasteiger partial charge in [0, 0.05) is 0 Å². The summed E-state index contributed by atoms with van der Waals surface area (Å²) in [6, 6.07) is 10.4. The second kappa shape index (κ2) is 11.1. The maximum Gasteiger partial charge on any atom is 0.420 e. The summed E-state index contributed by atoms with van der Waals surface area (Å²) in [5.74, 6) is 0.0349. The number of hydrogen-bond donors (Lipinski definition) is 1. The van der Waals surface area contributed by atoms with Crippen molar-refractivity contribution in [2.75, 3.05) is 6.61 Å². The van der Waals surface area contributed by atoms with Gasteiger partial charge in [-0.25, -0.2) is 9.19 Å². The monoisotopic (exact) mass is 600 g/mol. The highest BCUT2D eigenvalue weighted by Gasteiger charge is 2.41. The van der Waals surface area contributed by atoms with Gasteiger partial charge in [0.25, 0.3) is 0 Å². The molecule has 5 nitrogen and oxygen atoms in total. The number of benzene rings is 1. The van der Waals surface area contributed by atoms with E-state index >= 15 is 0 Å². The van der Waals surface area contributed by atoms with E-state index in [1.54, 1.807) is 55.5 Å². The molecule has 2 unspecified atom stereocenters. The number of halogens is 5. The fourth-order valence-corrected chi connectivity index (χ4v) is 3.92. The third kappa shape index (κ3) is 7.82. The van der Waals surface area contributed by atoms with Crippen molar-refractivity contribution in [3.63, 3.8) is 0 Å². The van der Waals surface area contributed by atoms with E-state index in [0.29, 0.717) is 5.71 Å². The average Bonchev–Trinajstić information content (AvgIpc) is 2.69. The SMILES string of the molecule is CC(C)(C)S(=O)N=C(/C=C/c1ccccc1)COc1c(I)cc(C(O)C(F)(F)F)nc1Cl. The van der Waals surface area contributed by atoms with Gasteiger partial charge in [0.05, 0.1) is 19.7 Å². The van der Waals surface area contributed by atoms with Gasteiger partial charge >= 0.3 is 6.18 Å². The van der Waals surface area contributed by atoms with Crippen molar-refractivity contribution in [3.05, 3.63) is 62.5 Å². The summed E-state index contributed by atoms with van der Waals surface area (Å²) in [4.78, 5) is 3.62. The van der Waals surface area contributed by atoms with Crippen LogP contribution < -0.4 is 4.74 Å². The Labute approximate surface area is 205 Å². The molecule has 0 saturated carbocycles. The van der Waals surface area contributed by atoms with Crippen molar-refractivity contribution in [2.24, 2.45) is 4.40 Å². The predicted molar refractivity (Wildman–Crippen MR) is 129 cm³/mol. The first kappa shape index (κ1) is 26.7. The molecule has 2 aromatic rings. The van der Waals surface area contributed by atoms with Gasteiger partial charge in [-0.05, 0) is 61.1 Å². The number of aromatic nitrogens is 1. The molecule has 11 heteroatoms. The second-order valence-corrected chi connectivity index (χ2v) is 11.0. The normalized spacial score (nSPS) is 15.1. The van der Waals surface area contributed by atoms with Crippen molar-refractivity contribution in [3.8, 4) is 5.75 Å². The molecular weight excluding hydrogens is 580 g/mol. The molecule has 2 rings (SSSR count). The van der Waals surface area contributed by atoms with Gasteiger partial charge in [-0.15, -0.1) is 0 Å². The second-order valence-electron chi connectivity index (χ2n) is 7.57. The fourth-order valence-electron chi connectivity index (χ4n) is 2.18. The van der Waals surface area contributed by atoms with Crippen LogP contribution in [0.1, 0.15) is 38.1 Å². The number of nitrogens with zero attached hydrogens (tertiary/aromatic N) is 2. The number of alkyl halides is 3. The Hall–Kier alpha value is -1.50. The number of aliphatic hydroxyl groups excluding tert-OH is 1. The minimum absolute atomic E-state index is 0.0349. The summed E-state index contributed by atoms with van der Waals surface area (Å²) in [5, 5.41) is 9.08. The molecule has 1 aromatic carbocycles. The Balaban J connectivity index is 2.30. The van der Waals surface area contributed by atoms with Gasteiger partial charge in [0.1, 0.15) is 17.6 Å². The summed E-state index contributed by atoms with van der Waals surface area (Å²) in [7, 11) is -1.57. The maximum atomic E-state index is 12.8. The molecule has 0 saturated heterocycles. The van der Waals surface area contributed by atoms with Crippen LogP contribution in [-0.2, 0) is 11.0 Å². The molecule has 2 atom stereocenters. The lowest BCUT2D eigenvalue weighted by molar-refractivity contribution is -0.208. The van der Waals surface area contributed by atoms with Crippen LogP contribution in [0.4, 0.5) is 13.2 Å². The lowest BCUT2D eigenvalue weighted by atomic mass is 10.2. The summed E-state index contributed by atoms with van der Waals surface area (Å²) >= 11 is 7.77. The van der Waals surface area contributed by atoms with E-state index in [4.69, 9.17) is 16.3 Å². The highest BCUT2D eigenvalue weighted by atomic mass is 127. The summed E-state index contributed by atoms with van der Waals surface area (Å²) in [5.41, 5.74) is 0.598. The Morgan fingerprint density at radius 2 is 1.94 bits per heavy atom. The van der Waals surface area contributed by atoms with Crippen LogP contribution in [0.15, 0.2) is 46.9 Å². The molecule has 0 fully saturated rings. The van der Waals surface area contributed by atoms with E-state index in [9.17, 15) is 22.5 Å². The Bertz CT molecular complexity index is 1000. The number of ether oxygens (including phenoxy) is 1. The zero-order chi connectivity index (χ0) is 24.1. The van der Waals surface area contributed by atoms with Crippen LogP contribution in [0.3, 0.4) is 0 Å². The van der Waals surface area contributed by atoms with Crippen molar-refractivity contribution >= 4 is 57.0 Å². The van der Waals surface area contributed by atoms with Crippen LogP contribution in [0, 0.1) is 3.57 Å². The number of pyridine rings is 1. The quantitative estimate of drug-likeness (QED) is 0.243. The molecular formula is C21H21ClF3IN2O3S. The Morgan fingerprint density at radius 1 is 1.31 bits per heavy atom. The van der Waals surface area contributed by atoms with Crippen molar-refractivity contribution in [2.45, 2.75) is 37.8 Å². The molecule has 0 bridgehead atoms. The van der Waals surface area contributed by atoms with Gasteiger partial charge in [0.2, 0.25) is 0 Å². The summed E-state index contributed by atoms with van der Waals surface area (Å²) in [6.45, 7) is 5.19. The largest absolute Gasteiger partial charge is 0.483 e. The first-order valence-corrected chi connectivity index (χ1v) is 11.8. The first-order chi connectivity index (χ1) is 14.8. The van der Waals surface area contributed by atoms with Gasteiger partial charge in [-0.3, -0.25) is 0 Å². The minimum Gasteiger partial charge on any atom is -0.483 e. The molecule has 174 valence electrons. The summed E-state index contributed by atoms with van der Waals surface area (Å²) in [6.07, 6.45) is -4.21. The zero-order valence-electron chi connectivity index (χ0n) is 17.4. The van der Waals surface area contributed by atoms with Crippen LogP contribution in [0.5, 0.6) is 5.75 Å². The number of aliphatic hydroxyl groups is 1. The van der Waals surface area contributed by atoms with Gasteiger partial charge < -0.3 is 9.84 Å². The Morgan fingerprint density at radius 3 is 2.47 bits per heavy atom. The summed E-state index contributed by atoms with van der Waals surface area (Å²) < 4.78 is 60.4. The maximum absolute atomic E-state index is 12.8. The van der Waals surface area contributed by atoms with Crippen molar-refractivity contribution in [1.82, 2.24) is 4.98 Å². The first-order valence-electron chi connectivity index (χ1n) is 9.25. The molecule has 1 heterocycles. The van der Waals surface area contributed by atoms with Gasteiger partial charge in [-0.1, -0.05) is 48.0 Å². The number of rotatable bonds is 7. The topological polar surface area (TPSA) is 71.8 Å². The predicted octanol–water partition coefficient (Wildman–Crippen LogP) is 5.93. The van der Waals surface area contributed by atoms with Crippen LogP contribution in [0.25, 0.3) is 6.08 Å². The molecule has 0 aliphatic rings. The molecule has 1 N–H and O–H groups in total. The van der Waals surface area contributed by atoms with E-state index in [2.05, 4.69) is 9.38 Å². The molecule has 0 aliphatic heterocycles. The average molecular weight is 601 g/mol. The van der Waals surface area contributed by atoms with Gasteiger partial charge in [0.15, 0.2) is 17.0 Å². The van der Waals surface area contributed by atoms with E-state index in [0.717, 1.165) is 11.6 Å². The molecule has 0 spiro atoms. The van der Waals surface area contributed by atoms with Crippen LogP contribution in [-0.4, -0.2) is 37.5 Å². The van der Waals surface area contributed by atoms with Gasteiger partial charge in [-0.2, -0.15) is 17.6 Å². The highest BCUT2D eigenvalue weighted by Crippen LogP contribution is 2.36. The van der Waals surface area contributed by atoms with Crippen molar-refractivity contribution < 1.29 is 27.2 Å². The third-order valence-electron chi connectivity index (χ3n) is 3.85. The molecule has 0 aliphatic carbocycles. The standard InChI is InChI=1S/C21H21ClF3IN2O3S/c1-20(2,3)32(30)28-14(10-9-13-7-5-4-6-8-13)12-31-17-15(26)11-16(27-19(17)22)18(29)21(23,24)25/h4-11,18,29H,12H2,1-3H3/b10-9+,28-14?. The van der Waals surface area contributed by atoms with Crippen LogP contribution in [0.2, 0.25) is 5.15 Å². The lowest BCUT2D eigenvalue weighted by Crippen LogP contribution is -2.22.